The van der Waals surface area contributed by atoms with Crippen LogP contribution in [0.4, 0.5) is 0 Å². The van der Waals surface area contributed by atoms with E-state index in [4.69, 9.17) is 5.73 Å². The van der Waals surface area contributed by atoms with Gasteiger partial charge in [0.15, 0.2) is 0 Å². The van der Waals surface area contributed by atoms with E-state index in [0.29, 0.717) is 17.4 Å². The Morgan fingerprint density at radius 3 is 2.47 bits per heavy atom. The van der Waals surface area contributed by atoms with Crippen LogP contribution in [0.5, 0.6) is 0 Å². The van der Waals surface area contributed by atoms with Gasteiger partial charge in [-0.1, -0.05) is 12.1 Å². The second-order valence-electron chi connectivity index (χ2n) is 5.28. The first-order valence-corrected chi connectivity index (χ1v) is 8.32. The van der Waals surface area contributed by atoms with E-state index in [1.165, 1.54) is 0 Å². The van der Waals surface area contributed by atoms with E-state index in [1.54, 1.807) is 12.1 Å². The van der Waals surface area contributed by atoms with Crippen molar-refractivity contribution in [3.63, 3.8) is 0 Å². The predicted molar refractivity (Wildman–Crippen MR) is 76.3 cm³/mol. The summed E-state index contributed by atoms with van der Waals surface area (Å²) in [5.41, 5.74) is 6.58. The fraction of sp³-hybridized carbons (Fsp3) is 0.571. The zero-order valence-corrected chi connectivity index (χ0v) is 12.1. The summed E-state index contributed by atoms with van der Waals surface area (Å²) in [4.78, 5) is 0.344. The second-order valence-corrected chi connectivity index (χ2v) is 7.00. The van der Waals surface area contributed by atoms with Crippen LogP contribution in [0.15, 0.2) is 29.2 Å². The van der Waals surface area contributed by atoms with Crippen molar-refractivity contribution in [3.05, 3.63) is 29.8 Å². The van der Waals surface area contributed by atoms with Crippen LogP contribution >= 0.6 is 0 Å². The van der Waals surface area contributed by atoms with E-state index >= 15 is 0 Å². The number of nitrogens with two attached hydrogens (primary N) is 1. The monoisotopic (exact) mass is 282 g/mol. The number of rotatable bonds is 7. The largest absolute Gasteiger partial charge is 0.330 e. The standard InChI is InChI=1S/C14H22N2O2S/c1-11(13-6-7-13)16-19(17,18)14-8-4-12(5-9-14)3-2-10-15/h4-5,8-9,11,13,16H,2-3,6-7,10,15H2,1H3. The fourth-order valence-electron chi connectivity index (χ4n) is 2.15. The SMILES string of the molecule is CC(NS(=O)(=O)c1ccc(CCCN)cc1)C1CC1. The van der Waals surface area contributed by atoms with Gasteiger partial charge < -0.3 is 5.73 Å². The minimum absolute atomic E-state index is 0.0296. The van der Waals surface area contributed by atoms with Crippen molar-refractivity contribution in [3.8, 4) is 0 Å². The summed E-state index contributed by atoms with van der Waals surface area (Å²) >= 11 is 0. The maximum atomic E-state index is 12.2. The van der Waals surface area contributed by atoms with Crippen molar-refractivity contribution in [1.29, 1.82) is 0 Å². The van der Waals surface area contributed by atoms with Crippen LogP contribution in [0.25, 0.3) is 0 Å². The third-order valence-corrected chi connectivity index (χ3v) is 5.15. The molecule has 0 spiro atoms. The molecule has 1 fully saturated rings. The van der Waals surface area contributed by atoms with Crippen molar-refractivity contribution in [2.75, 3.05) is 6.54 Å². The molecule has 0 aromatic heterocycles. The van der Waals surface area contributed by atoms with Gasteiger partial charge in [0.05, 0.1) is 4.90 Å². The van der Waals surface area contributed by atoms with Crippen LogP contribution in [0, 0.1) is 5.92 Å². The Bertz CT molecular complexity index is 507. The number of nitrogens with one attached hydrogen (secondary N) is 1. The molecule has 0 aliphatic heterocycles. The molecule has 1 aliphatic rings. The van der Waals surface area contributed by atoms with E-state index in [2.05, 4.69) is 4.72 Å². The minimum atomic E-state index is -3.38. The zero-order chi connectivity index (χ0) is 13.9. The van der Waals surface area contributed by atoms with E-state index in [1.807, 2.05) is 19.1 Å². The first-order valence-electron chi connectivity index (χ1n) is 6.84. The van der Waals surface area contributed by atoms with Gasteiger partial charge in [0.25, 0.3) is 0 Å². The molecule has 1 unspecified atom stereocenters. The molecular weight excluding hydrogens is 260 g/mol. The van der Waals surface area contributed by atoms with Gasteiger partial charge in [-0.15, -0.1) is 0 Å². The van der Waals surface area contributed by atoms with E-state index in [9.17, 15) is 8.42 Å². The van der Waals surface area contributed by atoms with Crippen molar-refractivity contribution < 1.29 is 8.42 Å². The molecule has 1 aromatic rings. The van der Waals surface area contributed by atoms with Gasteiger partial charge in [0, 0.05) is 6.04 Å². The Labute approximate surface area is 115 Å². The van der Waals surface area contributed by atoms with Crippen molar-refractivity contribution >= 4 is 10.0 Å². The van der Waals surface area contributed by atoms with Gasteiger partial charge in [0.1, 0.15) is 0 Å². The second kappa shape index (κ2) is 6.03. The highest BCUT2D eigenvalue weighted by atomic mass is 32.2. The van der Waals surface area contributed by atoms with Crippen LogP contribution < -0.4 is 10.5 Å². The average molecular weight is 282 g/mol. The first kappa shape index (κ1) is 14.5. The fourth-order valence-corrected chi connectivity index (χ4v) is 3.46. The lowest BCUT2D eigenvalue weighted by Gasteiger charge is -2.13. The van der Waals surface area contributed by atoms with Gasteiger partial charge in [-0.05, 0) is 62.8 Å². The minimum Gasteiger partial charge on any atom is -0.330 e. The number of aryl methyl sites for hydroxylation is 1. The summed E-state index contributed by atoms with van der Waals surface area (Å²) in [5, 5.41) is 0. The molecule has 0 saturated heterocycles. The van der Waals surface area contributed by atoms with Gasteiger partial charge in [-0.25, -0.2) is 13.1 Å². The number of sulfonamides is 1. The van der Waals surface area contributed by atoms with Crippen LogP contribution in [0.1, 0.15) is 31.7 Å². The summed E-state index contributed by atoms with van der Waals surface area (Å²) in [7, 11) is -3.38. The Morgan fingerprint density at radius 2 is 1.95 bits per heavy atom. The average Bonchev–Trinajstić information content (AvgIpc) is 3.20. The lowest BCUT2D eigenvalue weighted by Crippen LogP contribution is -2.33. The molecule has 1 atom stereocenters. The third kappa shape index (κ3) is 4.03. The number of benzene rings is 1. The maximum Gasteiger partial charge on any atom is 0.240 e. The van der Waals surface area contributed by atoms with Crippen molar-refractivity contribution in [1.82, 2.24) is 4.72 Å². The van der Waals surface area contributed by atoms with Crippen LogP contribution in [0.2, 0.25) is 0 Å². The molecule has 1 saturated carbocycles. The van der Waals surface area contributed by atoms with Crippen LogP contribution in [0.3, 0.4) is 0 Å². The number of hydrogen-bond donors (Lipinski definition) is 2. The molecule has 5 heteroatoms. The molecule has 2 rings (SSSR count). The van der Waals surface area contributed by atoms with Crippen molar-refractivity contribution in [2.45, 2.75) is 43.5 Å². The van der Waals surface area contributed by atoms with E-state index < -0.39 is 10.0 Å². The smallest absolute Gasteiger partial charge is 0.240 e. The Morgan fingerprint density at radius 1 is 1.32 bits per heavy atom. The molecule has 0 bridgehead atoms. The van der Waals surface area contributed by atoms with Gasteiger partial charge in [-0.2, -0.15) is 0 Å². The highest BCUT2D eigenvalue weighted by Gasteiger charge is 2.31. The molecule has 0 amide bonds. The summed E-state index contributed by atoms with van der Waals surface area (Å²) < 4.78 is 27.1. The quantitative estimate of drug-likeness (QED) is 0.799. The molecule has 4 nitrogen and oxygen atoms in total. The van der Waals surface area contributed by atoms with Gasteiger partial charge in [-0.3, -0.25) is 0 Å². The van der Waals surface area contributed by atoms with Gasteiger partial charge >= 0.3 is 0 Å². The summed E-state index contributed by atoms with van der Waals surface area (Å²) in [6.07, 6.45) is 4.06. The molecule has 0 radical (unpaired) electrons. The van der Waals surface area contributed by atoms with E-state index in [0.717, 1.165) is 31.2 Å². The van der Waals surface area contributed by atoms with Crippen molar-refractivity contribution in [2.24, 2.45) is 11.7 Å². The molecule has 3 N–H and O–H groups in total. The lowest BCUT2D eigenvalue weighted by molar-refractivity contribution is 0.538. The Hall–Kier alpha value is -0.910. The topological polar surface area (TPSA) is 72.2 Å². The first-order chi connectivity index (χ1) is 9.03. The highest BCUT2D eigenvalue weighted by molar-refractivity contribution is 7.89. The van der Waals surface area contributed by atoms with Crippen LogP contribution in [-0.2, 0) is 16.4 Å². The molecular formula is C14H22N2O2S. The lowest BCUT2D eigenvalue weighted by atomic mass is 10.1. The normalized spacial score (nSPS) is 17.4. The summed E-state index contributed by atoms with van der Waals surface area (Å²) in [6, 6.07) is 7.11. The van der Waals surface area contributed by atoms with Gasteiger partial charge in [0.2, 0.25) is 10.0 Å². The molecule has 19 heavy (non-hydrogen) atoms. The third-order valence-electron chi connectivity index (χ3n) is 3.57. The molecule has 106 valence electrons. The highest BCUT2D eigenvalue weighted by Crippen LogP contribution is 2.33. The number of hydrogen-bond acceptors (Lipinski definition) is 3. The maximum absolute atomic E-state index is 12.2. The Kier molecular flexibility index (Phi) is 4.60. The Balaban J connectivity index is 2.03. The summed E-state index contributed by atoms with van der Waals surface area (Å²) in [5.74, 6) is 0.513. The molecule has 0 heterocycles. The van der Waals surface area contributed by atoms with E-state index in [-0.39, 0.29) is 6.04 Å². The summed E-state index contributed by atoms with van der Waals surface area (Å²) in [6.45, 7) is 2.59. The molecule has 1 aliphatic carbocycles. The van der Waals surface area contributed by atoms with Crippen LogP contribution in [-0.4, -0.2) is 21.0 Å². The predicted octanol–water partition coefficient (Wildman–Crippen LogP) is 1.65. The zero-order valence-electron chi connectivity index (χ0n) is 11.3. The molecule has 1 aromatic carbocycles.